The molecule has 0 bridgehead atoms. The quantitative estimate of drug-likeness (QED) is 0.423. The van der Waals surface area contributed by atoms with E-state index in [9.17, 15) is 4.79 Å². The first-order chi connectivity index (χ1) is 15.2. The van der Waals surface area contributed by atoms with Gasteiger partial charge in [0.1, 0.15) is 17.3 Å². The second-order valence-electron chi connectivity index (χ2n) is 7.37. The third-order valence-corrected chi connectivity index (χ3v) is 5.35. The number of hydrogen-bond donors (Lipinski definition) is 2. The number of fused-ring (bicyclic) bond motifs is 1. The van der Waals surface area contributed by atoms with Crippen LogP contribution in [0.3, 0.4) is 0 Å². The highest BCUT2D eigenvalue weighted by Gasteiger charge is 2.19. The number of ketones is 1. The number of nitrogens with one attached hydrogen (secondary N) is 2. The summed E-state index contributed by atoms with van der Waals surface area (Å²) in [6, 6.07) is 18.0. The van der Waals surface area contributed by atoms with E-state index in [-0.39, 0.29) is 24.7 Å². The van der Waals surface area contributed by atoms with Crippen LogP contribution in [-0.2, 0) is 6.54 Å². The number of carbonyl (C=O) groups excluding carboxylic acids is 1. The number of nitrogens with zero attached hydrogens (tertiary/aromatic N) is 3. The Kier molecular flexibility index (Phi) is 6.09. The topological polar surface area (TPSA) is 86.9 Å². The predicted molar refractivity (Wildman–Crippen MR) is 126 cm³/mol. The molecule has 0 saturated carbocycles. The largest absolute Gasteiger partial charge is 0.497 e. The van der Waals surface area contributed by atoms with Crippen molar-refractivity contribution in [3.63, 3.8) is 0 Å². The maximum absolute atomic E-state index is 12.3. The van der Waals surface area contributed by atoms with Crippen molar-refractivity contribution < 1.29 is 9.53 Å². The Balaban J connectivity index is 0.00000245. The van der Waals surface area contributed by atoms with Gasteiger partial charge >= 0.3 is 0 Å². The van der Waals surface area contributed by atoms with Crippen LogP contribution in [0.2, 0.25) is 0 Å². The van der Waals surface area contributed by atoms with Gasteiger partial charge in [0.25, 0.3) is 0 Å². The highest BCUT2D eigenvalue weighted by Crippen LogP contribution is 2.27. The van der Waals surface area contributed by atoms with Crippen LogP contribution in [0.15, 0.2) is 67.0 Å². The zero-order valence-corrected chi connectivity index (χ0v) is 18.2. The highest BCUT2D eigenvalue weighted by molar-refractivity contribution is 5.95. The Hall–Kier alpha value is -3.84. The van der Waals surface area contributed by atoms with Crippen LogP contribution in [-0.4, -0.2) is 44.5 Å². The maximum Gasteiger partial charge on any atom is 0.199 e. The fourth-order valence-electron chi connectivity index (χ4n) is 3.64. The van der Waals surface area contributed by atoms with Crippen LogP contribution in [0.1, 0.15) is 21.9 Å². The van der Waals surface area contributed by atoms with E-state index < -0.39 is 0 Å². The standard InChI is InChI=1S/C24H21N5O2.ClH/c1-31-19-8-6-17(7-9-19)16-2-4-18(5-3-16)24-26-20-11-13-29(14-22(20)27-24)15-23(30)21-10-12-25-28-21;/h2-13H,14-15H2,1H3,(H,25,28)(H,26,27);1H. The molecule has 32 heavy (non-hydrogen) atoms. The summed E-state index contributed by atoms with van der Waals surface area (Å²) in [7, 11) is 1.67. The highest BCUT2D eigenvalue weighted by atomic mass is 35.5. The van der Waals surface area contributed by atoms with Gasteiger partial charge in [-0.25, -0.2) is 4.98 Å². The number of aromatic amines is 2. The van der Waals surface area contributed by atoms with Gasteiger partial charge in [-0.3, -0.25) is 9.89 Å². The van der Waals surface area contributed by atoms with Gasteiger partial charge in [0.15, 0.2) is 5.78 Å². The summed E-state index contributed by atoms with van der Waals surface area (Å²) < 4.78 is 5.22. The number of benzene rings is 2. The van der Waals surface area contributed by atoms with Crippen LogP contribution in [0, 0.1) is 0 Å². The van der Waals surface area contributed by atoms with Crippen molar-refractivity contribution in [2.24, 2.45) is 0 Å². The number of hydrogen-bond acceptors (Lipinski definition) is 5. The van der Waals surface area contributed by atoms with E-state index >= 15 is 0 Å². The molecule has 2 N–H and O–H groups in total. The molecule has 5 rings (SSSR count). The lowest BCUT2D eigenvalue weighted by molar-refractivity contribution is 0.0947. The van der Waals surface area contributed by atoms with Crippen molar-refractivity contribution in [3.05, 3.63) is 84.1 Å². The van der Waals surface area contributed by atoms with Crippen LogP contribution in [0.4, 0.5) is 0 Å². The lowest BCUT2D eigenvalue weighted by Crippen LogP contribution is -2.27. The van der Waals surface area contributed by atoms with Crippen molar-refractivity contribution in [3.8, 4) is 28.3 Å². The Morgan fingerprint density at radius 3 is 2.38 bits per heavy atom. The van der Waals surface area contributed by atoms with E-state index in [1.54, 1.807) is 19.4 Å². The second kappa shape index (κ2) is 9.11. The number of carbonyl (C=O) groups is 1. The number of imidazole rings is 1. The van der Waals surface area contributed by atoms with Gasteiger partial charge in [0.2, 0.25) is 0 Å². The summed E-state index contributed by atoms with van der Waals surface area (Å²) in [6.07, 6.45) is 5.46. The first-order valence-electron chi connectivity index (χ1n) is 9.98. The summed E-state index contributed by atoms with van der Waals surface area (Å²) in [5.74, 6) is 1.66. The van der Waals surface area contributed by atoms with Gasteiger partial charge < -0.3 is 14.6 Å². The van der Waals surface area contributed by atoms with E-state index in [4.69, 9.17) is 9.72 Å². The van der Waals surface area contributed by atoms with Crippen molar-refractivity contribution in [2.75, 3.05) is 13.7 Å². The van der Waals surface area contributed by atoms with Crippen LogP contribution < -0.4 is 4.74 Å². The van der Waals surface area contributed by atoms with Gasteiger partial charge in [-0.15, -0.1) is 12.4 Å². The minimum Gasteiger partial charge on any atom is -0.497 e. The first kappa shape index (κ1) is 21.4. The predicted octanol–water partition coefficient (Wildman–Crippen LogP) is 4.57. The molecule has 0 aliphatic carbocycles. The lowest BCUT2D eigenvalue weighted by atomic mass is 10.0. The van der Waals surface area contributed by atoms with Crippen molar-refractivity contribution in [1.29, 1.82) is 0 Å². The minimum atomic E-state index is -0.00419. The number of aromatic nitrogens is 4. The fraction of sp³-hybridized carbons (Fsp3) is 0.125. The zero-order chi connectivity index (χ0) is 21.2. The van der Waals surface area contributed by atoms with Gasteiger partial charge in [0.05, 0.1) is 31.6 Å². The monoisotopic (exact) mass is 447 g/mol. The molecule has 0 radical (unpaired) electrons. The molecule has 0 fully saturated rings. The molecule has 1 aliphatic rings. The first-order valence-corrected chi connectivity index (χ1v) is 9.98. The lowest BCUT2D eigenvalue weighted by Gasteiger charge is -2.21. The molecular formula is C24H22ClN5O2. The molecule has 4 aromatic rings. The third kappa shape index (κ3) is 4.29. The summed E-state index contributed by atoms with van der Waals surface area (Å²) in [6.45, 7) is 0.850. The molecule has 3 heterocycles. The Bertz CT molecular complexity index is 1230. The van der Waals surface area contributed by atoms with E-state index in [0.717, 1.165) is 39.7 Å². The van der Waals surface area contributed by atoms with Gasteiger partial charge in [-0.05, 0) is 35.4 Å². The zero-order valence-electron chi connectivity index (χ0n) is 17.4. The SMILES string of the molecule is COc1ccc(-c2ccc(-c3nc4c([nH]3)C=CN(CC(=O)c3ccn[nH]3)C4)cc2)cc1.Cl. The number of halogens is 1. The van der Waals surface area contributed by atoms with E-state index in [1.165, 1.54) is 0 Å². The van der Waals surface area contributed by atoms with Crippen molar-refractivity contribution in [1.82, 2.24) is 25.1 Å². The minimum absolute atomic E-state index is 0. The van der Waals surface area contributed by atoms with Crippen LogP contribution in [0.25, 0.3) is 28.6 Å². The number of Topliss-reactive ketones (excluding diaryl/α,β-unsaturated/α-hetero) is 1. The van der Waals surface area contributed by atoms with Crippen LogP contribution >= 0.6 is 12.4 Å². The normalized spacial score (nSPS) is 12.2. The maximum atomic E-state index is 12.3. The van der Waals surface area contributed by atoms with Gasteiger partial charge in [-0.2, -0.15) is 5.10 Å². The molecule has 0 spiro atoms. The second-order valence-corrected chi connectivity index (χ2v) is 7.37. The summed E-state index contributed by atoms with van der Waals surface area (Å²) in [5, 5.41) is 6.55. The summed E-state index contributed by atoms with van der Waals surface area (Å²) in [4.78, 5) is 22.4. The number of rotatable bonds is 6. The Labute approximate surface area is 191 Å². The molecule has 2 aromatic carbocycles. The van der Waals surface area contributed by atoms with E-state index in [2.05, 4.69) is 39.4 Å². The summed E-state index contributed by atoms with van der Waals surface area (Å²) >= 11 is 0. The molecular weight excluding hydrogens is 426 g/mol. The molecule has 0 atom stereocenters. The van der Waals surface area contributed by atoms with Crippen molar-refractivity contribution in [2.45, 2.75) is 6.54 Å². The molecule has 0 saturated heterocycles. The number of methoxy groups -OCH3 is 1. The number of ether oxygens (including phenoxy) is 1. The molecule has 162 valence electrons. The molecule has 0 amide bonds. The molecule has 7 nitrogen and oxygen atoms in total. The summed E-state index contributed by atoms with van der Waals surface area (Å²) in [5.41, 5.74) is 5.69. The van der Waals surface area contributed by atoms with Crippen LogP contribution in [0.5, 0.6) is 5.75 Å². The third-order valence-electron chi connectivity index (χ3n) is 5.35. The number of H-pyrrole nitrogens is 2. The van der Waals surface area contributed by atoms with Crippen molar-refractivity contribution >= 4 is 24.3 Å². The fourth-order valence-corrected chi connectivity index (χ4v) is 3.64. The molecule has 8 heteroatoms. The Morgan fingerprint density at radius 2 is 1.72 bits per heavy atom. The molecule has 0 unspecified atom stereocenters. The smallest absolute Gasteiger partial charge is 0.199 e. The van der Waals surface area contributed by atoms with Gasteiger partial charge in [-0.1, -0.05) is 36.4 Å². The average Bonchev–Trinajstić information content (AvgIpc) is 3.49. The van der Waals surface area contributed by atoms with E-state index in [1.807, 2.05) is 41.4 Å². The average molecular weight is 448 g/mol. The Morgan fingerprint density at radius 1 is 1.03 bits per heavy atom. The van der Waals surface area contributed by atoms with E-state index in [0.29, 0.717) is 12.2 Å². The molecule has 2 aromatic heterocycles. The molecule has 1 aliphatic heterocycles. The van der Waals surface area contributed by atoms with Gasteiger partial charge in [0, 0.05) is 18.0 Å².